The molecule has 0 atom stereocenters. The lowest BCUT2D eigenvalue weighted by Gasteiger charge is -2.05. The van der Waals surface area contributed by atoms with E-state index in [0.29, 0.717) is 21.4 Å². The van der Waals surface area contributed by atoms with Gasteiger partial charge in [-0.25, -0.2) is 4.98 Å². The third-order valence-electron chi connectivity index (χ3n) is 2.09. The molecule has 1 heterocycles. The van der Waals surface area contributed by atoms with Gasteiger partial charge in [0.15, 0.2) is 0 Å². The molecule has 0 unspecified atom stereocenters. The summed E-state index contributed by atoms with van der Waals surface area (Å²) in [5.74, 6) is 0.129. The topological polar surface area (TPSA) is 42.0 Å². The Morgan fingerprint density at radius 2 is 1.88 bits per heavy atom. The number of nitrogens with one attached hydrogen (secondary N) is 1. The molecule has 5 heteroatoms. The van der Waals surface area contributed by atoms with Crippen molar-refractivity contribution < 1.29 is 4.79 Å². The molecular formula is C12H8Cl2N2O. The van der Waals surface area contributed by atoms with Gasteiger partial charge in [-0.3, -0.25) is 4.79 Å². The van der Waals surface area contributed by atoms with E-state index in [1.54, 1.807) is 36.4 Å². The molecule has 0 spiro atoms. The second-order valence-corrected chi connectivity index (χ2v) is 4.14. The molecule has 0 aliphatic rings. The van der Waals surface area contributed by atoms with Crippen molar-refractivity contribution in [2.45, 2.75) is 0 Å². The maximum absolute atomic E-state index is 11.9. The summed E-state index contributed by atoms with van der Waals surface area (Å²) < 4.78 is 0. The Labute approximate surface area is 108 Å². The molecule has 1 N–H and O–H groups in total. The summed E-state index contributed by atoms with van der Waals surface area (Å²) in [4.78, 5) is 15.8. The van der Waals surface area contributed by atoms with Gasteiger partial charge in [0.2, 0.25) is 0 Å². The largest absolute Gasteiger partial charge is 0.307 e. The van der Waals surface area contributed by atoms with Gasteiger partial charge in [0.05, 0.1) is 15.6 Å². The number of amides is 1. The highest BCUT2D eigenvalue weighted by atomic mass is 35.5. The summed E-state index contributed by atoms with van der Waals surface area (Å²) in [5, 5.41) is 3.55. The van der Waals surface area contributed by atoms with Crippen LogP contribution in [0.4, 0.5) is 5.82 Å². The molecule has 17 heavy (non-hydrogen) atoms. The van der Waals surface area contributed by atoms with Gasteiger partial charge in [0.25, 0.3) is 5.91 Å². The Balaban J connectivity index is 2.17. The molecule has 0 radical (unpaired) electrons. The first-order valence-electron chi connectivity index (χ1n) is 4.84. The monoisotopic (exact) mass is 266 g/mol. The molecule has 0 saturated heterocycles. The SMILES string of the molecule is O=C(Nc1ccc(Cl)cn1)c1ccccc1Cl. The molecule has 0 aliphatic carbocycles. The van der Waals surface area contributed by atoms with Crippen molar-refractivity contribution in [1.82, 2.24) is 4.98 Å². The number of nitrogens with zero attached hydrogens (tertiary/aromatic N) is 1. The number of hydrogen-bond acceptors (Lipinski definition) is 2. The van der Waals surface area contributed by atoms with Crippen molar-refractivity contribution >= 4 is 34.9 Å². The zero-order chi connectivity index (χ0) is 12.3. The van der Waals surface area contributed by atoms with Crippen LogP contribution in [0.5, 0.6) is 0 Å². The minimum Gasteiger partial charge on any atom is -0.307 e. The van der Waals surface area contributed by atoms with E-state index in [4.69, 9.17) is 23.2 Å². The highest BCUT2D eigenvalue weighted by Crippen LogP contribution is 2.17. The standard InChI is InChI=1S/C12H8Cl2N2O/c13-8-5-6-11(15-7-8)16-12(17)9-3-1-2-4-10(9)14/h1-7H,(H,15,16,17). The number of halogens is 2. The number of carbonyl (C=O) groups excluding carboxylic acids is 1. The molecule has 1 aromatic heterocycles. The molecule has 1 amide bonds. The maximum Gasteiger partial charge on any atom is 0.258 e. The van der Waals surface area contributed by atoms with Crippen molar-refractivity contribution in [3.63, 3.8) is 0 Å². The summed E-state index contributed by atoms with van der Waals surface area (Å²) in [7, 11) is 0. The summed E-state index contributed by atoms with van der Waals surface area (Å²) in [5.41, 5.74) is 0.408. The predicted molar refractivity (Wildman–Crippen MR) is 68.7 cm³/mol. The Bertz CT molecular complexity index is 540. The number of carbonyl (C=O) groups is 1. The molecule has 0 saturated carbocycles. The van der Waals surface area contributed by atoms with Crippen LogP contribution in [0, 0.1) is 0 Å². The van der Waals surface area contributed by atoms with Gasteiger partial charge in [-0.05, 0) is 24.3 Å². The second-order valence-electron chi connectivity index (χ2n) is 3.30. The lowest BCUT2D eigenvalue weighted by atomic mass is 10.2. The molecule has 2 aromatic rings. The van der Waals surface area contributed by atoms with Gasteiger partial charge in [-0.15, -0.1) is 0 Å². The van der Waals surface area contributed by atoms with Crippen molar-refractivity contribution in [2.24, 2.45) is 0 Å². The first-order valence-corrected chi connectivity index (χ1v) is 5.60. The van der Waals surface area contributed by atoms with E-state index in [1.165, 1.54) is 6.20 Å². The normalized spacial score (nSPS) is 10.0. The molecule has 0 fully saturated rings. The first-order chi connectivity index (χ1) is 8.16. The highest BCUT2D eigenvalue weighted by molar-refractivity contribution is 6.34. The summed E-state index contributed by atoms with van der Waals surface area (Å²) in [6.45, 7) is 0. The average molecular weight is 267 g/mol. The van der Waals surface area contributed by atoms with Crippen LogP contribution in [0.2, 0.25) is 10.0 Å². The Kier molecular flexibility index (Phi) is 3.61. The fourth-order valence-electron chi connectivity index (χ4n) is 1.28. The van der Waals surface area contributed by atoms with Crippen LogP contribution in [0.1, 0.15) is 10.4 Å². The number of benzene rings is 1. The lowest BCUT2D eigenvalue weighted by Crippen LogP contribution is -2.13. The Morgan fingerprint density at radius 3 is 2.53 bits per heavy atom. The Hall–Kier alpha value is -1.58. The van der Waals surface area contributed by atoms with E-state index in [9.17, 15) is 4.79 Å². The van der Waals surface area contributed by atoms with E-state index in [1.807, 2.05) is 0 Å². The molecule has 2 rings (SSSR count). The number of anilines is 1. The first kappa shape index (κ1) is 11.9. The van der Waals surface area contributed by atoms with Crippen molar-refractivity contribution in [2.75, 3.05) is 5.32 Å². The fraction of sp³-hybridized carbons (Fsp3) is 0. The van der Waals surface area contributed by atoms with Crippen molar-refractivity contribution in [1.29, 1.82) is 0 Å². The van der Waals surface area contributed by atoms with Gasteiger partial charge in [-0.2, -0.15) is 0 Å². The quantitative estimate of drug-likeness (QED) is 0.902. The van der Waals surface area contributed by atoms with Gasteiger partial charge >= 0.3 is 0 Å². The molecule has 86 valence electrons. The van der Waals surface area contributed by atoms with E-state index in [0.717, 1.165) is 0 Å². The smallest absolute Gasteiger partial charge is 0.258 e. The van der Waals surface area contributed by atoms with Crippen LogP contribution in [0.3, 0.4) is 0 Å². The minimum absolute atomic E-state index is 0.301. The van der Waals surface area contributed by atoms with Crippen LogP contribution < -0.4 is 5.32 Å². The number of hydrogen-bond donors (Lipinski definition) is 1. The molecule has 0 aliphatic heterocycles. The van der Waals surface area contributed by atoms with E-state index >= 15 is 0 Å². The second kappa shape index (κ2) is 5.17. The third-order valence-corrected chi connectivity index (χ3v) is 2.64. The molecule has 0 bridgehead atoms. The summed E-state index contributed by atoms with van der Waals surface area (Å²) in [6, 6.07) is 10.1. The van der Waals surface area contributed by atoms with Crippen molar-refractivity contribution in [3.8, 4) is 0 Å². The number of aromatic nitrogens is 1. The maximum atomic E-state index is 11.9. The Morgan fingerprint density at radius 1 is 1.12 bits per heavy atom. The highest BCUT2D eigenvalue weighted by Gasteiger charge is 2.09. The van der Waals surface area contributed by atoms with E-state index in [-0.39, 0.29) is 5.91 Å². The van der Waals surface area contributed by atoms with Gasteiger partial charge < -0.3 is 5.32 Å². The summed E-state index contributed by atoms with van der Waals surface area (Å²) >= 11 is 11.6. The van der Waals surface area contributed by atoms with Crippen LogP contribution in [-0.4, -0.2) is 10.9 Å². The van der Waals surface area contributed by atoms with Crippen LogP contribution in [0.15, 0.2) is 42.6 Å². The zero-order valence-corrected chi connectivity index (χ0v) is 10.2. The van der Waals surface area contributed by atoms with Gasteiger partial charge in [0, 0.05) is 6.20 Å². The van der Waals surface area contributed by atoms with Crippen LogP contribution >= 0.6 is 23.2 Å². The summed E-state index contributed by atoms with van der Waals surface area (Å²) in [6.07, 6.45) is 1.46. The van der Waals surface area contributed by atoms with Gasteiger partial charge in [0.1, 0.15) is 5.82 Å². The van der Waals surface area contributed by atoms with Crippen LogP contribution in [-0.2, 0) is 0 Å². The molecule has 1 aromatic carbocycles. The zero-order valence-electron chi connectivity index (χ0n) is 8.65. The van der Waals surface area contributed by atoms with E-state index < -0.39 is 0 Å². The van der Waals surface area contributed by atoms with Crippen molar-refractivity contribution in [3.05, 3.63) is 58.2 Å². The fourth-order valence-corrected chi connectivity index (χ4v) is 1.61. The predicted octanol–water partition coefficient (Wildman–Crippen LogP) is 3.64. The number of pyridine rings is 1. The minimum atomic E-state index is -0.301. The van der Waals surface area contributed by atoms with E-state index in [2.05, 4.69) is 10.3 Å². The number of rotatable bonds is 2. The lowest BCUT2D eigenvalue weighted by molar-refractivity contribution is 0.102. The molecular weight excluding hydrogens is 259 g/mol. The van der Waals surface area contributed by atoms with Gasteiger partial charge in [-0.1, -0.05) is 35.3 Å². The molecule has 3 nitrogen and oxygen atoms in total. The third kappa shape index (κ3) is 2.96. The van der Waals surface area contributed by atoms with Crippen LogP contribution in [0.25, 0.3) is 0 Å². The average Bonchev–Trinajstić information content (AvgIpc) is 2.32.